The molecule has 0 unspecified atom stereocenters. The molecule has 1 N–H and O–H groups in total. The SMILES string of the molecule is Cc1ccccc1NC(=O)[C@H](C)Oc1ccccc1Cl. The highest BCUT2D eigenvalue weighted by Gasteiger charge is 2.16. The van der Waals surface area contributed by atoms with E-state index in [1.807, 2.05) is 43.3 Å². The van der Waals surface area contributed by atoms with Gasteiger partial charge < -0.3 is 10.1 Å². The average molecular weight is 290 g/mol. The number of ether oxygens (including phenoxy) is 1. The molecule has 0 saturated heterocycles. The van der Waals surface area contributed by atoms with Crippen LogP contribution >= 0.6 is 11.6 Å². The predicted octanol–water partition coefficient (Wildman–Crippen LogP) is 4.05. The van der Waals surface area contributed by atoms with Crippen LogP contribution in [0.5, 0.6) is 5.75 Å². The van der Waals surface area contributed by atoms with Gasteiger partial charge in [0.2, 0.25) is 0 Å². The van der Waals surface area contributed by atoms with Crippen molar-refractivity contribution in [3.8, 4) is 5.75 Å². The fraction of sp³-hybridized carbons (Fsp3) is 0.188. The third-order valence-electron chi connectivity index (χ3n) is 2.91. The van der Waals surface area contributed by atoms with Crippen LogP contribution in [-0.4, -0.2) is 12.0 Å². The molecule has 0 heterocycles. The number of benzene rings is 2. The van der Waals surface area contributed by atoms with Crippen LogP contribution in [0.1, 0.15) is 12.5 Å². The lowest BCUT2D eigenvalue weighted by Crippen LogP contribution is -2.30. The van der Waals surface area contributed by atoms with Gasteiger partial charge in [-0.05, 0) is 37.6 Å². The summed E-state index contributed by atoms with van der Waals surface area (Å²) in [6.45, 7) is 3.63. The van der Waals surface area contributed by atoms with E-state index in [9.17, 15) is 4.79 Å². The molecule has 4 heteroatoms. The molecule has 20 heavy (non-hydrogen) atoms. The van der Waals surface area contributed by atoms with E-state index < -0.39 is 6.10 Å². The van der Waals surface area contributed by atoms with Gasteiger partial charge in [-0.3, -0.25) is 4.79 Å². The number of carbonyl (C=O) groups is 1. The molecule has 104 valence electrons. The number of aryl methyl sites for hydroxylation is 1. The first-order valence-corrected chi connectivity index (χ1v) is 6.73. The maximum absolute atomic E-state index is 12.1. The lowest BCUT2D eigenvalue weighted by molar-refractivity contribution is -0.122. The summed E-state index contributed by atoms with van der Waals surface area (Å²) >= 11 is 6.00. The molecule has 0 spiro atoms. The van der Waals surface area contributed by atoms with Gasteiger partial charge in [-0.1, -0.05) is 41.9 Å². The summed E-state index contributed by atoms with van der Waals surface area (Å²) in [5.41, 5.74) is 1.79. The van der Waals surface area contributed by atoms with Crippen LogP contribution in [-0.2, 0) is 4.79 Å². The average Bonchev–Trinajstić information content (AvgIpc) is 2.43. The van der Waals surface area contributed by atoms with E-state index in [-0.39, 0.29) is 5.91 Å². The Morgan fingerprint density at radius 1 is 1.15 bits per heavy atom. The molecule has 0 aromatic heterocycles. The summed E-state index contributed by atoms with van der Waals surface area (Å²) in [7, 11) is 0. The summed E-state index contributed by atoms with van der Waals surface area (Å²) < 4.78 is 5.57. The van der Waals surface area contributed by atoms with Crippen LogP contribution < -0.4 is 10.1 Å². The van der Waals surface area contributed by atoms with Gasteiger partial charge >= 0.3 is 0 Å². The zero-order valence-corrected chi connectivity index (χ0v) is 12.1. The maximum atomic E-state index is 12.1. The Morgan fingerprint density at radius 3 is 2.50 bits per heavy atom. The van der Waals surface area contributed by atoms with Crippen LogP contribution in [0.2, 0.25) is 5.02 Å². The molecular formula is C16H16ClNO2. The highest BCUT2D eigenvalue weighted by molar-refractivity contribution is 6.32. The number of hydrogen-bond acceptors (Lipinski definition) is 2. The Labute approximate surface area is 123 Å². The number of halogens is 1. The highest BCUT2D eigenvalue weighted by atomic mass is 35.5. The molecule has 2 rings (SSSR count). The van der Waals surface area contributed by atoms with E-state index >= 15 is 0 Å². The van der Waals surface area contributed by atoms with Crippen LogP contribution in [0.25, 0.3) is 0 Å². The first-order chi connectivity index (χ1) is 9.58. The zero-order valence-electron chi connectivity index (χ0n) is 11.4. The smallest absolute Gasteiger partial charge is 0.265 e. The zero-order chi connectivity index (χ0) is 14.5. The van der Waals surface area contributed by atoms with Crippen molar-refractivity contribution >= 4 is 23.2 Å². The first kappa shape index (κ1) is 14.4. The number of rotatable bonds is 4. The van der Waals surface area contributed by atoms with Gasteiger partial charge in [-0.15, -0.1) is 0 Å². The van der Waals surface area contributed by atoms with E-state index in [2.05, 4.69) is 5.32 Å². The highest BCUT2D eigenvalue weighted by Crippen LogP contribution is 2.24. The van der Waals surface area contributed by atoms with Crippen molar-refractivity contribution in [1.29, 1.82) is 0 Å². The van der Waals surface area contributed by atoms with Crippen molar-refractivity contribution in [3.63, 3.8) is 0 Å². The molecule has 0 aliphatic heterocycles. The van der Waals surface area contributed by atoms with Crippen molar-refractivity contribution in [2.45, 2.75) is 20.0 Å². The summed E-state index contributed by atoms with van der Waals surface area (Å²) in [6, 6.07) is 14.7. The van der Waals surface area contributed by atoms with Crippen molar-refractivity contribution in [2.75, 3.05) is 5.32 Å². The second-order valence-corrected chi connectivity index (χ2v) is 4.90. The van der Waals surface area contributed by atoms with E-state index in [1.165, 1.54) is 0 Å². The van der Waals surface area contributed by atoms with Gasteiger partial charge in [0, 0.05) is 5.69 Å². The Bertz CT molecular complexity index is 613. The molecule has 0 radical (unpaired) electrons. The van der Waals surface area contributed by atoms with E-state index in [1.54, 1.807) is 19.1 Å². The number of hydrogen-bond donors (Lipinski definition) is 1. The number of amides is 1. The largest absolute Gasteiger partial charge is 0.479 e. The van der Waals surface area contributed by atoms with Crippen molar-refractivity contribution in [2.24, 2.45) is 0 Å². The number of para-hydroxylation sites is 2. The minimum absolute atomic E-state index is 0.209. The number of carbonyl (C=O) groups excluding carboxylic acids is 1. The molecule has 0 saturated carbocycles. The Kier molecular flexibility index (Phi) is 4.64. The lowest BCUT2D eigenvalue weighted by atomic mass is 10.2. The molecule has 0 aliphatic carbocycles. The molecule has 0 bridgehead atoms. The van der Waals surface area contributed by atoms with Crippen LogP contribution in [0, 0.1) is 6.92 Å². The molecule has 1 atom stereocenters. The molecular weight excluding hydrogens is 274 g/mol. The first-order valence-electron chi connectivity index (χ1n) is 6.35. The molecule has 0 fully saturated rings. The molecule has 2 aromatic rings. The van der Waals surface area contributed by atoms with Gasteiger partial charge in [0.25, 0.3) is 5.91 Å². The topological polar surface area (TPSA) is 38.3 Å². The standard InChI is InChI=1S/C16H16ClNO2/c1-11-7-3-5-9-14(11)18-16(19)12(2)20-15-10-6-4-8-13(15)17/h3-10,12H,1-2H3,(H,18,19)/t12-/m0/s1. The molecule has 3 nitrogen and oxygen atoms in total. The van der Waals surface area contributed by atoms with E-state index in [0.29, 0.717) is 10.8 Å². The molecule has 1 amide bonds. The third kappa shape index (κ3) is 3.52. The van der Waals surface area contributed by atoms with Crippen molar-refractivity contribution < 1.29 is 9.53 Å². The number of nitrogens with one attached hydrogen (secondary N) is 1. The lowest BCUT2D eigenvalue weighted by Gasteiger charge is -2.16. The maximum Gasteiger partial charge on any atom is 0.265 e. The Balaban J connectivity index is 2.03. The monoisotopic (exact) mass is 289 g/mol. The fourth-order valence-corrected chi connectivity index (χ4v) is 1.91. The van der Waals surface area contributed by atoms with Crippen molar-refractivity contribution in [3.05, 3.63) is 59.1 Å². The van der Waals surface area contributed by atoms with Gasteiger partial charge in [-0.2, -0.15) is 0 Å². The summed E-state index contributed by atoms with van der Waals surface area (Å²) in [6.07, 6.45) is -0.630. The minimum atomic E-state index is -0.630. The fourth-order valence-electron chi connectivity index (χ4n) is 1.73. The second kappa shape index (κ2) is 6.44. The van der Waals surface area contributed by atoms with Gasteiger partial charge in [0.1, 0.15) is 5.75 Å². The molecule has 2 aromatic carbocycles. The Morgan fingerprint density at radius 2 is 1.80 bits per heavy atom. The summed E-state index contributed by atoms with van der Waals surface area (Å²) in [5, 5.41) is 3.33. The quantitative estimate of drug-likeness (QED) is 0.922. The molecule has 0 aliphatic rings. The van der Waals surface area contributed by atoms with E-state index in [0.717, 1.165) is 11.3 Å². The van der Waals surface area contributed by atoms with Gasteiger partial charge in [0.05, 0.1) is 5.02 Å². The van der Waals surface area contributed by atoms with Crippen molar-refractivity contribution in [1.82, 2.24) is 0 Å². The van der Waals surface area contributed by atoms with E-state index in [4.69, 9.17) is 16.3 Å². The number of anilines is 1. The van der Waals surface area contributed by atoms with Gasteiger partial charge in [-0.25, -0.2) is 0 Å². The normalized spacial score (nSPS) is 11.8. The van der Waals surface area contributed by atoms with Gasteiger partial charge in [0.15, 0.2) is 6.10 Å². The summed E-state index contributed by atoms with van der Waals surface area (Å²) in [4.78, 5) is 12.1. The van der Waals surface area contributed by atoms with Crippen LogP contribution in [0.3, 0.4) is 0 Å². The predicted molar refractivity (Wildman–Crippen MR) is 81.4 cm³/mol. The van der Waals surface area contributed by atoms with Crippen LogP contribution in [0.4, 0.5) is 5.69 Å². The summed E-state index contributed by atoms with van der Waals surface area (Å²) in [5.74, 6) is 0.292. The minimum Gasteiger partial charge on any atom is -0.479 e. The third-order valence-corrected chi connectivity index (χ3v) is 3.22. The second-order valence-electron chi connectivity index (χ2n) is 4.49. The Hall–Kier alpha value is -2.00. The van der Waals surface area contributed by atoms with Crippen LogP contribution in [0.15, 0.2) is 48.5 Å².